The van der Waals surface area contributed by atoms with Crippen molar-refractivity contribution < 1.29 is 0 Å². The molecule has 0 aliphatic heterocycles. The van der Waals surface area contributed by atoms with E-state index in [9.17, 15) is 0 Å². The fraction of sp³-hybridized carbons (Fsp3) is 1.00. The van der Waals surface area contributed by atoms with Gasteiger partial charge in [0.1, 0.15) is 0 Å². The average Bonchev–Trinajstić information content (AvgIpc) is 1.35. The molecule has 0 amide bonds. The molecule has 0 radical (unpaired) electrons. The van der Waals surface area contributed by atoms with Crippen LogP contribution in [0.3, 0.4) is 0 Å². The second-order valence-corrected chi connectivity index (χ2v) is 2.80. The molecule has 0 N–H and O–H groups in total. The molecule has 0 nitrogen and oxygen atoms in total. The molecule has 0 aromatic rings. The van der Waals surface area contributed by atoms with Crippen LogP contribution in [0.4, 0.5) is 0 Å². The minimum atomic E-state index is 0.596. The molecule has 0 aliphatic rings. The van der Waals surface area contributed by atoms with Gasteiger partial charge >= 0.3 is 44.9 Å². The van der Waals surface area contributed by atoms with Crippen molar-refractivity contribution in [3.8, 4) is 0 Å². The van der Waals surface area contributed by atoms with Gasteiger partial charge in [-0.2, -0.15) is 0 Å². The van der Waals surface area contributed by atoms with Gasteiger partial charge in [-0.3, -0.25) is 0 Å². The molecule has 0 aliphatic carbocycles. The fourth-order valence-corrected chi connectivity index (χ4v) is 1.22. The van der Waals surface area contributed by atoms with E-state index >= 15 is 0 Å². The predicted octanol–water partition coefficient (Wildman–Crippen LogP) is 1.57. The zero-order valence-corrected chi connectivity index (χ0v) is 5.88. The molecule has 6 heavy (non-hydrogen) atoms. The molecule has 0 bridgehead atoms. The summed E-state index contributed by atoms with van der Waals surface area (Å²) in [5.41, 5.74) is 0. The van der Waals surface area contributed by atoms with Gasteiger partial charge in [0.2, 0.25) is 0 Å². The Morgan fingerprint density at radius 1 is 1.67 bits per heavy atom. The molecule has 0 fully saturated rings. The van der Waals surface area contributed by atoms with Crippen molar-refractivity contribution in [3.05, 3.63) is 0 Å². The van der Waals surface area contributed by atoms with Crippen LogP contribution in [0.15, 0.2) is 0 Å². The third-order valence-corrected chi connectivity index (χ3v) is 1.61. The van der Waals surface area contributed by atoms with Crippen molar-refractivity contribution in [2.75, 3.05) is 0 Å². The van der Waals surface area contributed by atoms with Crippen LogP contribution < -0.4 is 0 Å². The minimum absolute atomic E-state index is 0.596. The number of hydrogen-bond donors (Lipinski definition) is 0. The second-order valence-electron chi connectivity index (χ2n) is 1.53. The van der Waals surface area contributed by atoms with E-state index in [2.05, 4.69) is 20.5 Å². The Labute approximate surface area is 45.6 Å². The van der Waals surface area contributed by atoms with Crippen LogP contribution >= 0.6 is 6.85 Å². The Kier molecular flexibility index (Phi) is 4.13. The maximum absolute atomic E-state index is 4.70. The summed E-state index contributed by atoms with van der Waals surface area (Å²) < 4.78 is 0. The van der Waals surface area contributed by atoms with Gasteiger partial charge in [-0.05, 0) is 0 Å². The topological polar surface area (TPSA) is 0 Å². The first-order valence-electron chi connectivity index (χ1n) is 1.98. The van der Waals surface area contributed by atoms with E-state index in [0.717, 1.165) is 0 Å². The summed E-state index contributed by atoms with van der Waals surface area (Å²) in [6.07, 6.45) is 0. The van der Waals surface area contributed by atoms with Gasteiger partial charge in [0.05, 0.1) is 0 Å². The van der Waals surface area contributed by atoms with Crippen LogP contribution in [0.2, 0.25) is 5.82 Å². The van der Waals surface area contributed by atoms with Gasteiger partial charge in [0.25, 0.3) is 0 Å². The van der Waals surface area contributed by atoms with E-state index in [4.69, 9.17) is 11.8 Å². The van der Waals surface area contributed by atoms with Crippen molar-refractivity contribution in [1.29, 1.82) is 0 Å². The van der Waals surface area contributed by atoms with Gasteiger partial charge in [0.15, 0.2) is 0 Å². The molecule has 0 saturated heterocycles. The van der Waals surface area contributed by atoms with Crippen molar-refractivity contribution in [2.24, 2.45) is 0 Å². The molecule has 0 aromatic heterocycles. The summed E-state index contributed by atoms with van der Waals surface area (Å²) in [4.78, 5) is 0. The molecule has 0 heterocycles. The first-order chi connectivity index (χ1) is 2.77. The van der Waals surface area contributed by atoms with Crippen LogP contribution in [0.1, 0.15) is 13.8 Å². The maximum atomic E-state index is 4.70. The van der Waals surface area contributed by atoms with E-state index in [1.807, 2.05) is 0 Å². The van der Waals surface area contributed by atoms with Crippen molar-refractivity contribution in [3.63, 3.8) is 0 Å². The zero-order valence-electron chi connectivity index (χ0n) is 4.06. The summed E-state index contributed by atoms with van der Waals surface area (Å²) >= 11 is 4.70. The molecule has 0 aromatic carbocycles. The molecule has 3 heteroatoms. The SMILES string of the molecule is CC(C)B=[PH]=S. The van der Waals surface area contributed by atoms with E-state index in [-0.39, 0.29) is 0 Å². The van der Waals surface area contributed by atoms with Crippen LogP contribution in [-0.4, -0.2) is 6.62 Å². The average molecular weight is 118 g/mol. The van der Waals surface area contributed by atoms with E-state index < -0.39 is 0 Å². The predicted molar refractivity (Wildman–Crippen MR) is 36.5 cm³/mol. The number of rotatable bonds is 1. The summed E-state index contributed by atoms with van der Waals surface area (Å²) in [5, 5.41) is 0. The Hall–Kier alpha value is 0.585. The second kappa shape index (κ2) is 3.76. The third kappa shape index (κ3) is 4.58. The standard InChI is InChI=1S/C3H8BPS/c1-3(2)4-5-6/h3,5H,1-2H3. The van der Waals surface area contributed by atoms with Crippen LogP contribution in [-0.2, 0) is 11.8 Å². The van der Waals surface area contributed by atoms with Crippen LogP contribution in [0.25, 0.3) is 0 Å². The Bertz CT molecular complexity index is 74.9. The molecule has 0 rings (SSSR count). The fourth-order valence-electron chi connectivity index (χ4n) is 0.136. The van der Waals surface area contributed by atoms with Crippen LogP contribution in [0.5, 0.6) is 0 Å². The molecule has 34 valence electrons. The molecule has 1 atom stereocenters. The molecular formula is C3H8BPS. The Morgan fingerprint density at radius 2 is 2.17 bits per heavy atom. The Balaban J connectivity index is 3.29. The van der Waals surface area contributed by atoms with Gasteiger partial charge < -0.3 is 0 Å². The summed E-state index contributed by atoms with van der Waals surface area (Å²) in [6, 6.07) is 0. The van der Waals surface area contributed by atoms with Gasteiger partial charge in [-0.15, -0.1) is 0 Å². The molecule has 0 saturated carbocycles. The normalized spacial score (nSPS) is 9.17. The van der Waals surface area contributed by atoms with E-state index in [1.165, 1.54) is 0 Å². The third-order valence-electron chi connectivity index (χ3n) is 0.401. The molecular weight excluding hydrogens is 110 g/mol. The van der Waals surface area contributed by atoms with Crippen molar-refractivity contribution in [2.45, 2.75) is 19.7 Å². The summed E-state index contributed by atoms with van der Waals surface area (Å²) in [5.74, 6) is 0.681. The first kappa shape index (κ1) is 6.58. The quantitative estimate of drug-likeness (QED) is 0.372. The van der Waals surface area contributed by atoms with E-state index in [0.29, 0.717) is 12.7 Å². The summed E-state index contributed by atoms with van der Waals surface area (Å²) in [6.45, 7) is 7.01. The summed E-state index contributed by atoms with van der Waals surface area (Å²) in [7, 11) is 0. The number of hydrogen-bond acceptors (Lipinski definition) is 1. The molecule has 1 unspecified atom stereocenters. The monoisotopic (exact) mass is 118 g/mol. The zero-order chi connectivity index (χ0) is 4.99. The van der Waals surface area contributed by atoms with Crippen molar-refractivity contribution in [1.82, 2.24) is 0 Å². The van der Waals surface area contributed by atoms with Crippen molar-refractivity contribution >= 4 is 25.3 Å². The van der Waals surface area contributed by atoms with Gasteiger partial charge in [-0.1, -0.05) is 0 Å². The molecule has 0 spiro atoms. The van der Waals surface area contributed by atoms with Crippen LogP contribution in [0, 0.1) is 0 Å². The first-order valence-corrected chi connectivity index (χ1v) is 4.19. The Morgan fingerprint density at radius 3 is 2.17 bits per heavy atom. The van der Waals surface area contributed by atoms with Gasteiger partial charge in [-0.25, -0.2) is 0 Å². The van der Waals surface area contributed by atoms with Gasteiger partial charge in [0, 0.05) is 0 Å². The van der Waals surface area contributed by atoms with E-state index in [1.54, 1.807) is 0 Å².